The van der Waals surface area contributed by atoms with Crippen LogP contribution in [-0.2, 0) is 0 Å². The van der Waals surface area contributed by atoms with Crippen molar-refractivity contribution in [3.63, 3.8) is 0 Å². The highest BCUT2D eigenvalue weighted by Crippen LogP contribution is 2.26. The molecule has 2 aromatic carbocycles. The van der Waals surface area contributed by atoms with E-state index in [2.05, 4.69) is 5.32 Å². The van der Waals surface area contributed by atoms with Gasteiger partial charge in [-0.3, -0.25) is 0 Å². The molecule has 0 radical (unpaired) electrons. The van der Waals surface area contributed by atoms with Crippen molar-refractivity contribution in [1.82, 2.24) is 0 Å². The Bertz CT molecular complexity index is 542. The maximum Gasteiger partial charge on any atom is 0.119 e. The predicted octanol–water partition coefficient (Wildman–Crippen LogP) is 3.88. The van der Waals surface area contributed by atoms with Crippen LogP contribution >= 0.6 is 11.6 Å². The molecular formula is C16H18ClNO2. The van der Waals surface area contributed by atoms with E-state index in [-0.39, 0.29) is 12.6 Å². The van der Waals surface area contributed by atoms with Gasteiger partial charge in [-0.15, -0.1) is 0 Å². The standard InChI is InChI=1S/C16H18ClNO2/c1-2-20-13-9-7-12(8-10-13)16(11-19)18-15-6-4-3-5-14(15)17/h3-10,16,18-19H,2,11H2,1H3. The first kappa shape index (κ1) is 14.7. The Kier molecular flexibility index (Phi) is 5.27. The maximum absolute atomic E-state index is 9.57. The first-order chi connectivity index (χ1) is 9.74. The maximum atomic E-state index is 9.57. The van der Waals surface area contributed by atoms with Crippen LogP contribution in [0.25, 0.3) is 0 Å². The van der Waals surface area contributed by atoms with Gasteiger partial charge in [0.15, 0.2) is 0 Å². The minimum absolute atomic E-state index is 0.0147. The van der Waals surface area contributed by atoms with E-state index in [1.165, 1.54) is 0 Å². The number of nitrogens with one attached hydrogen (secondary N) is 1. The van der Waals surface area contributed by atoms with E-state index in [4.69, 9.17) is 16.3 Å². The molecule has 2 aromatic rings. The lowest BCUT2D eigenvalue weighted by Gasteiger charge is -2.19. The summed E-state index contributed by atoms with van der Waals surface area (Å²) in [6, 6.07) is 15.0. The van der Waals surface area contributed by atoms with Crippen molar-refractivity contribution >= 4 is 17.3 Å². The third-order valence-electron chi connectivity index (χ3n) is 2.98. The van der Waals surface area contributed by atoms with Crippen LogP contribution in [0.5, 0.6) is 5.75 Å². The molecule has 3 nitrogen and oxygen atoms in total. The fraction of sp³-hybridized carbons (Fsp3) is 0.250. The molecular weight excluding hydrogens is 274 g/mol. The largest absolute Gasteiger partial charge is 0.494 e. The molecule has 0 saturated heterocycles. The number of aliphatic hydroxyl groups is 1. The first-order valence-corrected chi connectivity index (χ1v) is 6.97. The molecule has 1 unspecified atom stereocenters. The molecule has 1 atom stereocenters. The zero-order valence-electron chi connectivity index (χ0n) is 11.3. The van der Waals surface area contributed by atoms with Crippen molar-refractivity contribution in [1.29, 1.82) is 0 Å². The topological polar surface area (TPSA) is 41.5 Å². The van der Waals surface area contributed by atoms with Gasteiger partial charge in [-0.25, -0.2) is 0 Å². The highest BCUT2D eigenvalue weighted by Gasteiger charge is 2.11. The molecule has 0 aromatic heterocycles. The number of halogens is 1. The van der Waals surface area contributed by atoms with Gasteiger partial charge in [0.25, 0.3) is 0 Å². The van der Waals surface area contributed by atoms with E-state index >= 15 is 0 Å². The molecule has 0 spiro atoms. The summed E-state index contributed by atoms with van der Waals surface area (Å²) in [4.78, 5) is 0. The van der Waals surface area contributed by atoms with E-state index in [0.29, 0.717) is 11.6 Å². The highest BCUT2D eigenvalue weighted by molar-refractivity contribution is 6.33. The Labute approximate surface area is 124 Å². The summed E-state index contributed by atoms with van der Waals surface area (Å²) < 4.78 is 5.41. The van der Waals surface area contributed by atoms with E-state index in [1.807, 2.05) is 55.5 Å². The van der Waals surface area contributed by atoms with E-state index in [0.717, 1.165) is 17.0 Å². The first-order valence-electron chi connectivity index (χ1n) is 6.59. The van der Waals surface area contributed by atoms with Crippen LogP contribution < -0.4 is 10.1 Å². The fourth-order valence-electron chi connectivity index (χ4n) is 1.96. The molecule has 0 aliphatic heterocycles. The summed E-state index contributed by atoms with van der Waals surface area (Å²) >= 11 is 6.12. The van der Waals surface area contributed by atoms with Crippen LogP contribution in [0.2, 0.25) is 5.02 Å². The summed E-state index contributed by atoms with van der Waals surface area (Å²) in [5.41, 5.74) is 1.79. The van der Waals surface area contributed by atoms with Gasteiger partial charge in [0.05, 0.1) is 30.0 Å². The van der Waals surface area contributed by atoms with Gasteiger partial charge in [-0.05, 0) is 36.8 Å². The van der Waals surface area contributed by atoms with Gasteiger partial charge in [0.2, 0.25) is 0 Å². The molecule has 0 heterocycles. The molecule has 2 N–H and O–H groups in total. The van der Waals surface area contributed by atoms with Gasteiger partial charge >= 0.3 is 0 Å². The van der Waals surface area contributed by atoms with Crippen LogP contribution in [0.1, 0.15) is 18.5 Å². The third kappa shape index (κ3) is 3.65. The Morgan fingerprint density at radius 1 is 1.15 bits per heavy atom. The zero-order chi connectivity index (χ0) is 14.4. The second kappa shape index (κ2) is 7.17. The molecule has 0 bridgehead atoms. The molecule has 4 heteroatoms. The molecule has 0 aliphatic rings. The Morgan fingerprint density at radius 2 is 1.85 bits per heavy atom. The lowest BCUT2D eigenvalue weighted by molar-refractivity contribution is 0.276. The SMILES string of the molecule is CCOc1ccc(C(CO)Nc2ccccc2Cl)cc1. The van der Waals surface area contributed by atoms with Gasteiger partial charge < -0.3 is 15.2 Å². The van der Waals surface area contributed by atoms with E-state index in [9.17, 15) is 5.11 Å². The smallest absolute Gasteiger partial charge is 0.119 e. The Hall–Kier alpha value is -1.71. The summed E-state index contributed by atoms with van der Waals surface area (Å²) in [5.74, 6) is 0.825. The number of rotatable bonds is 6. The number of ether oxygens (including phenoxy) is 1. The van der Waals surface area contributed by atoms with Crippen molar-refractivity contribution in [3.8, 4) is 5.75 Å². The average Bonchev–Trinajstić information content (AvgIpc) is 2.48. The molecule has 0 amide bonds. The lowest BCUT2D eigenvalue weighted by Crippen LogP contribution is -2.15. The van der Waals surface area contributed by atoms with Gasteiger partial charge in [0.1, 0.15) is 5.75 Å². The van der Waals surface area contributed by atoms with Gasteiger partial charge in [0, 0.05) is 0 Å². The van der Waals surface area contributed by atoms with Gasteiger partial charge in [-0.1, -0.05) is 35.9 Å². The number of benzene rings is 2. The van der Waals surface area contributed by atoms with E-state index < -0.39 is 0 Å². The minimum atomic E-state index is -0.203. The average molecular weight is 292 g/mol. The van der Waals surface area contributed by atoms with E-state index in [1.54, 1.807) is 0 Å². The van der Waals surface area contributed by atoms with Crippen LogP contribution in [0.3, 0.4) is 0 Å². The number of para-hydroxylation sites is 1. The van der Waals surface area contributed by atoms with Crippen LogP contribution in [0.4, 0.5) is 5.69 Å². The predicted molar refractivity (Wildman–Crippen MR) is 82.5 cm³/mol. The third-order valence-corrected chi connectivity index (χ3v) is 3.31. The Balaban J connectivity index is 2.13. The van der Waals surface area contributed by atoms with Crippen molar-refractivity contribution in [2.75, 3.05) is 18.5 Å². The van der Waals surface area contributed by atoms with Gasteiger partial charge in [-0.2, -0.15) is 0 Å². The molecule has 0 fully saturated rings. The zero-order valence-corrected chi connectivity index (χ0v) is 12.1. The summed E-state index contributed by atoms with van der Waals surface area (Å²) in [6.45, 7) is 2.57. The number of aliphatic hydroxyl groups excluding tert-OH is 1. The second-order valence-electron chi connectivity index (χ2n) is 4.36. The second-order valence-corrected chi connectivity index (χ2v) is 4.77. The summed E-state index contributed by atoms with van der Waals surface area (Å²) in [6.07, 6.45) is 0. The van der Waals surface area contributed by atoms with Crippen LogP contribution in [0, 0.1) is 0 Å². The Morgan fingerprint density at radius 3 is 2.45 bits per heavy atom. The highest BCUT2D eigenvalue weighted by atomic mass is 35.5. The number of hydrogen-bond donors (Lipinski definition) is 2. The molecule has 0 aliphatic carbocycles. The number of anilines is 1. The number of hydrogen-bond acceptors (Lipinski definition) is 3. The van der Waals surface area contributed by atoms with Crippen molar-refractivity contribution < 1.29 is 9.84 Å². The quantitative estimate of drug-likeness (QED) is 0.848. The van der Waals surface area contributed by atoms with Crippen molar-refractivity contribution in [2.24, 2.45) is 0 Å². The normalized spacial score (nSPS) is 11.9. The molecule has 106 valence electrons. The summed E-state index contributed by atoms with van der Waals surface area (Å²) in [5, 5.41) is 13.4. The molecule has 0 saturated carbocycles. The minimum Gasteiger partial charge on any atom is -0.494 e. The molecule has 20 heavy (non-hydrogen) atoms. The lowest BCUT2D eigenvalue weighted by atomic mass is 10.1. The van der Waals surface area contributed by atoms with Crippen LogP contribution in [0.15, 0.2) is 48.5 Å². The van der Waals surface area contributed by atoms with Crippen molar-refractivity contribution in [3.05, 3.63) is 59.1 Å². The summed E-state index contributed by atoms with van der Waals surface area (Å²) in [7, 11) is 0. The fourth-order valence-corrected chi connectivity index (χ4v) is 2.15. The monoisotopic (exact) mass is 291 g/mol. The van der Waals surface area contributed by atoms with Crippen LogP contribution in [-0.4, -0.2) is 18.3 Å². The van der Waals surface area contributed by atoms with Crippen molar-refractivity contribution in [2.45, 2.75) is 13.0 Å². The molecule has 2 rings (SSSR count).